The minimum absolute atomic E-state index is 0. The molecule has 4 rings (SSSR count). The van der Waals surface area contributed by atoms with Crippen molar-refractivity contribution < 1.29 is 26.2 Å². The van der Waals surface area contributed by atoms with Gasteiger partial charge in [-0.2, -0.15) is 18.2 Å². The Morgan fingerprint density at radius 2 is 1.58 bits per heavy atom. The summed E-state index contributed by atoms with van der Waals surface area (Å²) in [7, 11) is 0. The maximum absolute atomic E-state index is 4.64. The van der Waals surface area contributed by atoms with E-state index in [1.54, 1.807) is 0 Å². The van der Waals surface area contributed by atoms with Crippen molar-refractivity contribution in [2.45, 2.75) is 13.8 Å². The Balaban J connectivity index is 0.000000307. The van der Waals surface area contributed by atoms with E-state index in [9.17, 15) is 0 Å². The summed E-state index contributed by atoms with van der Waals surface area (Å²) in [4.78, 5) is 0. The summed E-state index contributed by atoms with van der Waals surface area (Å²) >= 11 is 4.64. The van der Waals surface area contributed by atoms with Crippen molar-refractivity contribution in [1.29, 1.82) is 0 Å². The Bertz CT molecular complexity index is 774. The van der Waals surface area contributed by atoms with Gasteiger partial charge in [-0.1, -0.05) is 6.07 Å². The Kier molecular flexibility index (Phi) is 9.04. The van der Waals surface area contributed by atoms with Crippen LogP contribution in [0.5, 0.6) is 0 Å². The zero-order valence-corrected chi connectivity index (χ0v) is 17.5. The van der Waals surface area contributed by atoms with Crippen molar-refractivity contribution in [3.8, 4) is 5.69 Å². The first-order valence-corrected chi connectivity index (χ1v) is 8.35. The van der Waals surface area contributed by atoms with Gasteiger partial charge >= 0.3 is 26.2 Å². The van der Waals surface area contributed by atoms with Gasteiger partial charge in [0.15, 0.2) is 0 Å². The molecule has 3 aromatic carbocycles. The van der Waals surface area contributed by atoms with Crippen LogP contribution in [0.1, 0.15) is 11.3 Å². The molecule has 1 heterocycles. The van der Waals surface area contributed by atoms with E-state index in [2.05, 4.69) is 78.7 Å². The fourth-order valence-corrected chi connectivity index (χ4v) is 2.61. The van der Waals surface area contributed by atoms with Gasteiger partial charge in [0.1, 0.15) is 0 Å². The van der Waals surface area contributed by atoms with E-state index in [1.165, 1.54) is 34.1 Å². The number of nitrogens with zero attached hydrogens (tertiary/aromatic N) is 1. The van der Waals surface area contributed by atoms with E-state index >= 15 is 0 Å². The van der Waals surface area contributed by atoms with Crippen molar-refractivity contribution in [3.63, 3.8) is 0 Å². The van der Waals surface area contributed by atoms with E-state index in [0.717, 1.165) is 0 Å². The number of fused-ring (bicyclic) bond motifs is 1. The van der Waals surface area contributed by atoms with Gasteiger partial charge in [0, 0.05) is 18.3 Å². The molecule has 0 amide bonds. The number of aryl methyl sites for hydroxylation is 2. The van der Waals surface area contributed by atoms with Gasteiger partial charge < -0.3 is 4.57 Å². The van der Waals surface area contributed by atoms with E-state index in [4.69, 9.17) is 0 Å². The second-order valence-electron chi connectivity index (χ2n) is 5.33. The van der Waals surface area contributed by atoms with E-state index in [-0.39, 0.29) is 26.2 Å². The normalized spacial score (nSPS) is 9.33. The monoisotopic (exact) mass is 413 g/mol. The first-order valence-electron chi connectivity index (χ1n) is 7.60. The van der Waals surface area contributed by atoms with Crippen LogP contribution in [0, 0.1) is 13.8 Å². The standard InChI is InChI=1S/C15H14N.C5H5.CH3Cl.Zr/c1-11-7-12(2)16(10-11)15-8-13-5-3-4-6-14(13)9-15;1-2-4-5-3-1;1-2;/h3-10H,1-2H3;1-5H;1H3;/q2*-1;;+2. The van der Waals surface area contributed by atoms with Gasteiger partial charge in [-0.25, -0.2) is 12.1 Å². The summed E-state index contributed by atoms with van der Waals surface area (Å²) in [6, 6.07) is 25.2. The third kappa shape index (κ3) is 5.33. The van der Waals surface area contributed by atoms with Crippen LogP contribution >= 0.6 is 11.6 Å². The van der Waals surface area contributed by atoms with Crippen LogP contribution < -0.4 is 0 Å². The van der Waals surface area contributed by atoms with Crippen LogP contribution in [-0.2, 0) is 26.2 Å². The third-order valence-electron chi connectivity index (χ3n) is 3.59. The fraction of sp³-hybridized carbons (Fsp3) is 0.143. The molecule has 0 fully saturated rings. The smallest absolute Gasteiger partial charge is 0.339 e. The predicted octanol–water partition coefficient (Wildman–Crippen LogP) is 6.22. The van der Waals surface area contributed by atoms with Crippen LogP contribution in [0.4, 0.5) is 0 Å². The molecule has 4 aromatic rings. The molecule has 0 spiro atoms. The van der Waals surface area contributed by atoms with Crippen molar-refractivity contribution in [2.75, 3.05) is 6.38 Å². The molecule has 0 bridgehead atoms. The first-order chi connectivity index (χ1) is 11.2. The minimum Gasteiger partial charge on any atom is -0.339 e. The Morgan fingerprint density at radius 3 is 2.08 bits per heavy atom. The van der Waals surface area contributed by atoms with Gasteiger partial charge in [-0.15, -0.1) is 52.7 Å². The topological polar surface area (TPSA) is 4.93 Å². The maximum Gasteiger partial charge on any atom is 2.00 e. The molecule has 24 heavy (non-hydrogen) atoms. The number of halogens is 1. The molecule has 1 nitrogen and oxygen atoms in total. The van der Waals surface area contributed by atoms with Gasteiger partial charge in [0.05, 0.1) is 0 Å². The zero-order chi connectivity index (χ0) is 16.7. The maximum atomic E-state index is 4.64. The van der Waals surface area contributed by atoms with E-state index in [0.29, 0.717) is 0 Å². The van der Waals surface area contributed by atoms with Gasteiger partial charge in [0.25, 0.3) is 0 Å². The van der Waals surface area contributed by atoms with Crippen LogP contribution in [-0.4, -0.2) is 11.0 Å². The van der Waals surface area contributed by atoms with Gasteiger partial charge in [-0.05, 0) is 31.2 Å². The Morgan fingerprint density at radius 1 is 0.917 bits per heavy atom. The number of rotatable bonds is 1. The molecule has 0 saturated heterocycles. The molecule has 0 aliphatic rings. The predicted molar refractivity (Wildman–Crippen MR) is 102 cm³/mol. The number of hydrogen-bond donors (Lipinski definition) is 0. The van der Waals surface area contributed by atoms with Crippen molar-refractivity contribution in [1.82, 2.24) is 4.57 Å². The van der Waals surface area contributed by atoms with Crippen LogP contribution in [0.2, 0.25) is 0 Å². The molecule has 0 atom stereocenters. The fourth-order valence-electron chi connectivity index (χ4n) is 2.61. The van der Waals surface area contributed by atoms with Gasteiger partial charge in [-0.3, -0.25) is 0 Å². The number of alkyl halides is 1. The van der Waals surface area contributed by atoms with Crippen molar-refractivity contribution in [2.24, 2.45) is 0 Å². The SMILES string of the molecule is CCl.Cc1cc(C)n(-c2cc3ccccc3[cH-]2)c1.[Zr+2].c1cc[cH-]c1. The van der Waals surface area contributed by atoms with Crippen molar-refractivity contribution >= 4 is 22.4 Å². The molecule has 0 radical (unpaired) electrons. The molecular weight excluding hydrogens is 393 g/mol. The van der Waals surface area contributed by atoms with Crippen LogP contribution in [0.15, 0.2) is 79.0 Å². The molecule has 0 N–H and O–H groups in total. The Hall–Kier alpha value is -1.37. The number of aromatic nitrogens is 1. The zero-order valence-electron chi connectivity index (χ0n) is 14.3. The first kappa shape index (κ1) is 20.7. The van der Waals surface area contributed by atoms with Crippen molar-refractivity contribution in [3.05, 3.63) is 90.3 Å². The molecule has 0 saturated carbocycles. The average Bonchev–Trinajstić information content (AvgIpc) is 3.30. The second kappa shape index (κ2) is 10.5. The van der Waals surface area contributed by atoms with Gasteiger partial charge in [0.2, 0.25) is 0 Å². The second-order valence-corrected chi connectivity index (χ2v) is 5.33. The van der Waals surface area contributed by atoms with E-state index < -0.39 is 0 Å². The molecular formula is C21H22ClNZr. The summed E-state index contributed by atoms with van der Waals surface area (Å²) in [5, 5.41) is 2.62. The van der Waals surface area contributed by atoms with E-state index in [1.807, 2.05) is 30.3 Å². The molecule has 122 valence electrons. The molecule has 0 aliphatic carbocycles. The summed E-state index contributed by atoms with van der Waals surface area (Å²) < 4.78 is 2.25. The molecule has 1 aromatic heterocycles. The minimum atomic E-state index is 0. The van der Waals surface area contributed by atoms with Crippen LogP contribution in [0.3, 0.4) is 0 Å². The summed E-state index contributed by atoms with van der Waals surface area (Å²) in [5.41, 5.74) is 3.85. The summed E-state index contributed by atoms with van der Waals surface area (Å²) in [5.74, 6) is 0. The van der Waals surface area contributed by atoms with Crippen LogP contribution in [0.25, 0.3) is 16.5 Å². The molecule has 0 aliphatic heterocycles. The number of hydrogen-bond acceptors (Lipinski definition) is 0. The summed E-state index contributed by atoms with van der Waals surface area (Å²) in [6.45, 7) is 4.27. The third-order valence-corrected chi connectivity index (χ3v) is 3.59. The average molecular weight is 415 g/mol. The molecule has 0 unspecified atom stereocenters. The number of benzene rings is 1. The summed E-state index contributed by atoms with van der Waals surface area (Å²) in [6.07, 6.45) is 3.66. The molecule has 3 heteroatoms. The quantitative estimate of drug-likeness (QED) is 0.257. The Labute approximate surface area is 168 Å². The largest absolute Gasteiger partial charge is 2.00 e.